The van der Waals surface area contributed by atoms with Crippen molar-refractivity contribution in [1.29, 1.82) is 5.26 Å². The molecule has 146 valence electrons. The first-order valence-corrected chi connectivity index (χ1v) is 9.70. The molecule has 1 aliphatic rings. The molecular formula is C23H23N5O. The summed E-state index contributed by atoms with van der Waals surface area (Å²) >= 11 is 0. The first kappa shape index (κ1) is 18.9. The molecule has 0 aliphatic carbocycles. The number of hydrogen-bond acceptors (Lipinski definition) is 4. The highest BCUT2D eigenvalue weighted by molar-refractivity contribution is 5.94. The maximum absolute atomic E-state index is 12.8. The van der Waals surface area contributed by atoms with E-state index >= 15 is 0 Å². The second-order valence-electron chi connectivity index (χ2n) is 7.57. The molecule has 1 aliphatic heterocycles. The molecule has 0 radical (unpaired) electrons. The lowest BCUT2D eigenvalue weighted by molar-refractivity contribution is 0.0933. The number of carbonyl (C=O) groups is 1. The van der Waals surface area contributed by atoms with Crippen LogP contribution < -0.4 is 5.32 Å². The molecule has 4 rings (SSSR count). The van der Waals surface area contributed by atoms with Gasteiger partial charge in [-0.2, -0.15) is 10.4 Å². The summed E-state index contributed by atoms with van der Waals surface area (Å²) in [6.45, 7) is 3.87. The number of hydrogen-bond donors (Lipinski definition) is 1. The van der Waals surface area contributed by atoms with Crippen molar-refractivity contribution < 1.29 is 4.79 Å². The Kier molecular flexibility index (Phi) is 5.15. The molecule has 1 fully saturated rings. The van der Waals surface area contributed by atoms with E-state index in [4.69, 9.17) is 5.26 Å². The van der Waals surface area contributed by atoms with Crippen LogP contribution >= 0.6 is 0 Å². The molecule has 6 heteroatoms. The van der Waals surface area contributed by atoms with Gasteiger partial charge in [0.05, 0.1) is 23.0 Å². The zero-order valence-electron chi connectivity index (χ0n) is 16.6. The first-order chi connectivity index (χ1) is 14.0. The summed E-state index contributed by atoms with van der Waals surface area (Å²) in [5.41, 5.74) is 4.74. The van der Waals surface area contributed by atoms with Crippen LogP contribution in [-0.2, 0) is 0 Å². The van der Waals surface area contributed by atoms with Crippen LogP contribution in [0.3, 0.4) is 0 Å². The van der Waals surface area contributed by atoms with Crippen LogP contribution in [0.25, 0.3) is 16.9 Å². The SMILES string of the molecule is Cc1ccc(-n2nc(C(=O)NC3CCN(C)C3)cc2-c2ccc(C#N)cc2)cc1. The number of aryl methyl sites for hydroxylation is 1. The largest absolute Gasteiger partial charge is 0.347 e. The fourth-order valence-corrected chi connectivity index (χ4v) is 3.61. The van der Waals surface area contributed by atoms with Gasteiger partial charge in [-0.1, -0.05) is 29.8 Å². The molecule has 6 nitrogen and oxygen atoms in total. The van der Waals surface area contributed by atoms with Crippen LogP contribution in [0.15, 0.2) is 54.6 Å². The highest BCUT2D eigenvalue weighted by Gasteiger charge is 2.24. The quantitative estimate of drug-likeness (QED) is 0.749. The minimum absolute atomic E-state index is 0.149. The number of likely N-dealkylation sites (N-methyl/N-ethyl adjacent to an activating group) is 1. The average molecular weight is 385 g/mol. The van der Waals surface area contributed by atoms with Crippen LogP contribution in [0.2, 0.25) is 0 Å². The fraction of sp³-hybridized carbons (Fsp3) is 0.261. The third kappa shape index (κ3) is 4.05. The smallest absolute Gasteiger partial charge is 0.272 e. The van der Waals surface area contributed by atoms with Gasteiger partial charge < -0.3 is 10.2 Å². The number of aromatic nitrogens is 2. The molecule has 1 N–H and O–H groups in total. The molecule has 1 saturated heterocycles. The average Bonchev–Trinajstić information content (AvgIpc) is 3.35. The van der Waals surface area contributed by atoms with E-state index < -0.39 is 0 Å². The summed E-state index contributed by atoms with van der Waals surface area (Å²) in [5.74, 6) is -0.161. The lowest BCUT2D eigenvalue weighted by Crippen LogP contribution is -2.36. The van der Waals surface area contributed by atoms with E-state index in [0.717, 1.165) is 42.0 Å². The van der Waals surface area contributed by atoms with E-state index in [2.05, 4.69) is 28.4 Å². The predicted molar refractivity (Wildman–Crippen MR) is 112 cm³/mol. The Hall–Kier alpha value is -3.43. The van der Waals surface area contributed by atoms with Crippen molar-refractivity contribution >= 4 is 5.91 Å². The molecule has 0 spiro atoms. The van der Waals surface area contributed by atoms with Gasteiger partial charge in [-0.3, -0.25) is 4.79 Å². The van der Waals surface area contributed by atoms with Crippen molar-refractivity contribution in [3.8, 4) is 23.0 Å². The second kappa shape index (κ2) is 7.90. The molecule has 0 bridgehead atoms. The fourth-order valence-electron chi connectivity index (χ4n) is 3.61. The van der Waals surface area contributed by atoms with E-state index in [9.17, 15) is 4.79 Å². The van der Waals surface area contributed by atoms with Gasteiger partial charge in [0.1, 0.15) is 0 Å². The van der Waals surface area contributed by atoms with Crippen LogP contribution in [0.1, 0.15) is 28.0 Å². The molecule has 1 atom stereocenters. The normalized spacial score (nSPS) is 16.5. The minimum Gasteiger partial charge on any atom is -0.347 e. The number of nitrogens with zero attached hydrogens (tertiary/aromatic N) is 4. The standard InChI is InChI=1S/C23H23N5O/c1-16-3-9-20(10-4-16)28-22(18-7-5-17(14-24)6-8-18)13-21(26-28)23(29)25-19-11-12-27(2)15-19/h3-10,13,19H,11-12,15H2,1-2H3,(H,25,29). The molecule has 3 aromatic rings. The van der Waals surface area contributed by atoms with Crippen molar-refractivity contribution in [3.05, 3.63) is 71.4 Å². The molecule has 2 heterocycles. The van der Waals surface area contributed by atoms with E-state index in [0.29, 0.717) is 11.3 Å². The van der Waals surface area contributed by atoms with Crippen molar-refractivity contribution in [2.75, 3.05) is 20.1 Å². The Morgan fingerprint density at radius 3 is 2.52 bits per heavy atom. The van der Waals surface area contributed by atoms with E-state index in [-0.39, 0.29) is 11.9 Å². The van der Waals surface area contributed by atoms with E-state index in [1.54, 1.807) is 16.8 Å². The van der Waals surface area contributed by atoms with Gasteiger partial charge in [0.15, 0.2) is 5.69 Å². The number of benzene rings is 2. The summed E-state index contributed by atoms with van der Waals surface area (Å²) in [6.07, 6.45) is 0.948. The van der Waals surface area contributed by atoms with Crippen LogP contribution in [0.5, 0.6) is 0 Å². The van der Waals surface area contributed by atoms with Gasteiger partial charge in [0.2, 0.25) is 0 Å². The lowest BCUT2D eigenvalue weighted by atomic mass is 10.1. The van der Waals surface area contributed by atoms with Crippen molar-refractivity contribution in [3.63, 3.8) is 0 Å². The minimum atomic E-state index is -0.161. The van der Waals surface area contributed by atoms with Crippen molar-refractivity contribution in [2.24, 2.45) is 0 Å². The Bertz CT molecular complexity index is 1060. The summed E-state index contributed by atoms with van der Waals surface area (Å²) in [6, 6.07) is 19.4. The summed E-state index contributed by atoms with van der Waals surface area (Å²) in [5, 5.41) is 16.8. The predicted octanol–water partition coefficient (Wildman–Crippen LogP) is 3.15. The number of likely N-dealkylation sites (tertiary alicyclic amines) is 1. The Balaban J connectivity index is 1.70. The number of rotatable bonds is 4. The number of nitrogens with one attached hydrogen (secondary N) is 1. The topological polar surface area (TPSA) is 74.0 Å². The molecule has 1 aromatic heterocycles. The monoisotopic (exact) mass is 385 g/mol. The molecular weight excluding hydrogens is 362 g/mol. The Morgan fingerprint density at radius 1 is 1.17 bits per heavy atom. The van der Waals surface area contributed by atoms with Gasteiger partial charge >= 0.3 is 0 Å². The van der Waals surface area contributed by atoms with Gasteiger partial charge in [-0.15, -0.1) is 0 Å². The number of carbonyl (C=O) groups excluding carboxylic acids is 1. The van der Waals surface area contributed by atoms with Gasteiger partial charge in [-0.25, -0.2) is 4.68 Å². The van der Waals surface area contributed by atoms with E-state index in [1.807, 2.05) is 49.4 Å². The summed E-state index contributed by atoms with van der Waals surface area (Å²) in [7, 11) is 2.06. The highest BCUT2D eigenvalue weighted by Crippen LogP contribution is 2.25. The van der Waals surface area contributed by atoms with Crippen molar-refractivity contribution in [1.82, 2.24) is 20.0 Å². The Labute approximate surface area is 170 Å². The number of nitriles is 1. The summed E-state index contributed by atoms with van der Waals surface area (Å²) in [4.78, 5) is 15.0. The van der Waals surface area contributed by atoms with Crippen molar-refractivity contribution in [2.45, 2.75) is 19.4 Å². The maximum Gasteiger partial charge on any atom is 0.272 e. The van der Waals surface area contributed by atoms with Crippen LogP contribution in [0, 0.1) is 18.3 Å². The van der Waals surface area contributed by atoms with Gasteiger partial charge in [0, 0.05) is 18.2 Å². The highest BCUT2D eigenvalue weighted by atomic mass is 16.2. The Morgan fingerprint density at radius 2 is 1.90 bits per heavy atom. The van der Waals surface area contributed by atoms with Crippen LogP contribution in [-0.4, -0.2) is 46.8 Å². The van der Waals surface area contributed by atoms with E-state index in [1.165, 1.54) is 0 Å². The first-order valence-electron chi connectivity index (χ1n) is 9.70. The molecule has 29 heavy (non-hydrogen) atoms. The zero-order valence-corrected chi connectivity index (χ0v) is 16.6. The summed E-state index contributed by atoms with van der Waals surface area (Å²) < 4.78 is 1.79. The van der Waals surface area contributed by atoms with Gasteiger partial charge in [-0.05, 0) is 57.3 Å². The molecule has 0 saturated carbocycles. The third-order valence-electron chi connectivity index (χ3n) is 5.26. The maximum atomic E-state index is 12.8. The number of amides is 1. The molecule has 2 aromatic carbocycles. The lowest BCUT2D eigenvalue weighted by Gasteiger charge is -2.11. The second-order valence-corrected chi connectivity index (χ2v) is 7.57. The van der Waals surface area contributed by atoms with Crippen LogP contribution in [0.4, 0.5) is 0 Å². The molecule has 1 unspecified atom stereocenters. The zero-order chi connectivity index (χ0) is 20.4. The third-order valence-corrected chi connectivity index (χ3v) is 5.26. The van der Waals surface area contributed by atoms with Gasteiger partial charge in [0.25, 0.3) is 5.91 Å². The molecule has 1 amide bonds.